The number of nitrogens with zero attached hydrogens (tertiary/aromatic N) is 4. The van der Waals surface area contributed by atoms with E-state index in [2.05, 4.69) is 14.7 Å². The van der Waals surface area contributed by atoms with Gasteiger partial charge in [0, 0.05) is 17.1 Å². The van der Waals surface area contributed by atoms with Crippen LogP contribution in [0.2, 0.25) is 0 Å². The minimum atomic E-state index is -0.412. The minimum absolute atomic E-state index is 0.0511. The summed E-state index contributed by atoms with van der Waals surface area (Å²) >= 11 is 1.30. The van der Waals surface area contributed by atoms with Gasteiger partial charge in [-0.3, -0.25) is 10.2 Å². The molecule has 0 aliphatic carbocycles. The largest absolute Gasteiger partial charge is 0.494 e. The van der Waals surface area contributed by atoms with Crippen LogP contribution in [0.1, 0.15) is 30.8 Å². The fourth-order valence-electron chi connectivity index (χ4n) is 3.43. The van der Waals surface area contributed by atoms with Crippen molar-refractivity contribution in [3.8, 4) is 11.4 Å². The molecular weight excluding hydrogens is 386 g/mol. The van der Waals surface area contributed by atoms with E-state index in [1.165, 1.54) is 16.8 Å². The molecule has 3 heterocycles. The fraction of sp³-hybridized carbons (Fsp3) is 0.238. The van der Waals surface area contributed by atoms with Crippen LogP contribution in [-0.4, -0.2) is 38.1 Å². The third-order valence-electron chi connectivity index (χ3n) is 4.73. The smallest absolute Gasteiger partial charge is 0.283 e. The van der Waals surface area contributed by atoms with Crippen molar-refractivity contribution in [2.24, 2.45) is 10.1 Å². The zero-order chi connectivity index (χ0) is 20.7. The molecule has 0 fully saturated rings. The molecule has 2 aromatic rings. The monoisotopic (exact) mass is 407 g/mol. The van der Waals surface area contributed by atoms with Crippen molar-refractivity contribution in [3.05, 3.63) is 52.9 Å². The molecule has 1 amide bonds. The molecule has 0 radical (unpaired) electrons. The van der Waals surface area contributed by atoms with Crippen LogP contribution in [0.15, 0.2) is 46.0 Å². The maximum Gasteiger partial charge on any atom is 0.283 e. The first kappa shape index (κ1) is 19.2. The molecule has 29 heavy (non-hydrogen) atoms. The van der Waals surface area contributed by atoms with Gasteiger partial charge in [-0.2, -0.15) is 15.1 Å². The van der Waals surface area contributed by atoms with Gasteiger partial charge in [-0.25, -0.2) is 0 Å². The normalized spacial score (nSPS) is 17.5. The maximum atomic E-state index is 12.5. The number of hydrogen-bond acceptors (Lipinski definition) is 5. The summed E-state index contributed by atoms with van der Waals surface area (Å²) in [7, 11) is 0. The van der Waals surface area contributed by atoms with Crippen molar-refractivity contribution < 1.29 is 9.53 Å². The number of aliphatic imine (C=N–C) groups is 1. The standard InChI is InChI=1S/C21H21N5O2S/c1-5-28-17-8-6-16(7-9-17)25-12(2)10-15(13(25)3)11-18-19(22)26-21(23-20(18)27)29-14(4)24-26/h6-11,22H,5H2,1-4H3/b18-11-,22-19?. The lowest BCUT2D eigenvalue weighted by Crippen LogP contribution is -2.35. The number of carbonyl (C=O) groups is 1. The Bertz CT molecular complexity index is 1110. The SMILES string of the molecule is CCOc1ccc(-n2c(C)cc(/C=C3/C(=N)N4N=C(C)SC4=NC3=O)c2C)cc1. The van der Waals surface area contributed by atoms with E-state index in [1.54, 1.807) is 6.08 Å². The summed E-state index contributed by atoms with van der Waals surface area (Å²) in [5, 5.41) is 15.3. The minimum Gasteiger partial charge on any atom is -0.494 e. The van der Waals surface area contributed by atoms with Gasteiger partial charge < -0.3 is 9.30 Å². The van der Waals surface area contributed by atoms with Crippen LogP contribution in [0.4, 0.5) is 0 Å². The van der Waals surface area contributed by atoms with Gasteiger partial charge in [0.1, 0.15) is 5.75 Å². The summed E-state index contributed by atoms with van der Waals surface area (Å²) in [5.74, 6) is 0.468. The number of amidine groups is 2. The molecule has 2 aliphatic rings. The quantitative estimate of drug-likeness (QED) is 0.773. The summed E-state index contributed by atoms with van der Waals surface area (Å²) in [5.41, 5.74) is 4.12. The summed E-state index contributed by atoms with van der Waals surface area (Å²) in [6.45, 7) is 8.42. The number of fused-ring (bicyclic) bond motifs is 1. The molecule has 0 saturated carbocycles. The average Bonchev–Trinajstić information content (AvgIpc) is 3.18. The van der Waals surface area contributed by atoms with Crippen LogP contribution < -0.4 is 4.74 Å². The number of aromatic nitrogens is 1. The molecule has 0 atom stereocenters. The molecule has 2 aliphatic heterocycles. The van der Waals surface area contributed by atoms with Gasteiger partial charge in [-0.15, -0.1) is 0 Å². The number of thioether (sulfide) groups is 1. The number of aryl methyl sites for hydroxylation is 1. The highest BCUT2D eigenvalue weighted by molar-refractivity contribution is 8.26. The van der Waals surface area contributed by atoms with Gasteiger partial charge in [-0.05, 0) is 81.4 Å². The van der Waals surface area contributed by atoms with Crippen LogP contribution in [0.3, 0.4) is 0 Å². The fourth-order valence-corrected chi connectivity index (χ4v) is 4.17. The van der Waals surface area contributed by atoms with E-state index in [-0.39, 0.29) is 11.4 Å². The summed E-state index contributed by atoms with van der Waals surface area (Å²) < 4.78 is 7.63. The Kier molecular flexibility index (Phi) is 4.87. The van der Waals surface area contributed by atoms with E-state index in [9.17, 15) is 4.79 Å². The van der Waals surface area contributed by atoms with E-state index in [0.717, 1.165) is 33.4 Å². The predicted octanol–water partition coefficient (Wildman–Crippen LogP) is 4.13. The average molecular weight is 407 g/mol. The Hall–Kier alpha value is -3.13. The van der Waals surface area contributed by atoms with Crippen molar-refractivity contribution in [1.82, 2.24) is 9.58 Å². The van der Waals surface area contributed by atoms with Gasteiger partial charge >= 0.3 is 0 Å². The number of benzene rings is 1. The number of hydrazone groups is 1. The first-order valence-electron chi connectivity index (χ1n) is 9.28. The van der Waals surface area contributed by atoms with Crippen molar-refractivity contribution >= 4 is 39.8 Å². The molecule has 1 N–H and O–H groups in total. The Balaban J connectivity index is 1.71. The zero-order valence-corrected chi connectivity index (χ0v) is 17.5. The predicted molar refractivity (Wildman–Crippen MR) is 117 cm³/mol. The highest BCUT2D eigenvalue weighted by atomic mass is 32.2. The molecular formula is C21H21N5O2S. The third-order valence-corrected chi connectivity index (χ3v) is 5.56. The third kappa shape index (κ3) is 3.40. The number of carbonyl (C=O) groups excluding carboxylic acids is 1. The molecule has 8 heteroatoms. The Morgan fingerprint density at radius 2 is 1.93 bits per heavy atom. The lowest BCUT2D eigenvalue weighted by atomic mass is 10.1. The van der Waals surface area contributed by atoms with E-state index < -0.39 is 5.91 Å². The van der Waals surface area contributed by atoms with Crippen molar-refractivity contribution in [1.29, 1.82) is 5.41 Å². The van der Waals surface area contributed by atoms with Gasteiger partial charge in [0.25, 0.3) is 5.91 Å². The summed E-state index contributed by atoms with van der Waals surface area (Å²) in [6.07, 6.45) is 1.73. The summed E-state index contributed by atoms with van der Waals surface area (Å²) in [6, 6.07) is 9.90. The van der Waals surface area contributed by atoms with E-state index in [1.807, 2.05) is 58.0 Å². The lowest BCUT2D eigenvalue weighted by molar-refractivity contribution is -0.114. The number of nitrogens with one attached hydrogen (secondary N) is 1. The number of amides is 1. The number of ether oxygens (including phenoxy) is 1. The zero-order valence-electron chi connectivity index (χ0n) is 16.7. The van der Waals surface area contributed by atoms with Gasteiger partial charge in [0.05, 0.1) is 17.2 Å². The molecule has 7 nitrogen and oxygen atoms in total. The van der Waals surface area contributed by atoms with Gasteiger partial charge in [-0.1, -0.05) is 0 Å². The Morgan fingerprint density at radius 3 is 2.62 bits per heavy atom. The van der Waals surface area contributed by atoms with E-state index >= 15 is 0 Å². The molecule has 0 saturated heterocycles. The molecule has 0 bridgehead atoms. The second kappa shape index (κ2) is 7.36. The van der Waals surface area contributed by atoms with Gasteiger partial charge in [0.15, 0.2) is 5.84 Å². The molecule has 4 rings (SSSR count). The first-order valence-corrected chi connectivity index (χ1v) is 10.1. The summed E-state index contributed by atoms with van der Waals surface area (Å²) in [4.78, 5) is 16.6. The maximum absolute atomic E-state index is 12.5. The van der Waals surface area contributed by atoms with Crippen molar-refractivity contribution in [2.75, 3.05) is 6.61 Å². The Labute approximate surface area is 173 Å². The van der Waals surface area contributed by atoms with Crippen LogP contribution >= 0.6 is 11.8 Å². The van der Waals surface area contributed by atoms with Crippen molar-refractivity contribution in [3.63, 3.8) is 0 Å². The molecule has 148 valence electrons. The highest BCUT2D eigenvalue weighted by Crippen LogP contribution is 2.29. The molecule has 0 spiro atoms. The first-order chi connectivity index (χ1) is 13.9. The number of rotatable bonds is 4. The molecule has 1 aromatic heterocycles. The van der Waals surface area contributed by atoms with Crippen LogP contribution in [0, 0.1) is 19.3 Å². The van der Waals surface area contributed by atoms with Crippen molar-refractivity contribution in [2.45, 2.75) is 27.7 Å². The second-order valence-electron chi connectivity index (χ2n) is 6.73. The van der Waals surface area contributed by atoms with E-state index in [0.29, 0.717) is 11.8 Å². The van der Waals surface area contributed by atoms with Gasteiger partial charge in [0.2, 0.25) is 5.17 Å². The topological polar surface area (TPSA) is 83.0 Å². The molecule has 1 aromatic carbocycles. The second-order valence-corrected chi connectivity index (χ2v) is 7.89. The van der Waals surface area contributed by atoms with Crippen LogP contribution in [-0.2, 0) is 4.79 Å². The Morgan fingerprint density at radius 1 is 1.21 bits per heavy atom. The highest BCUT2D eigenvalue weighted by Gasteiger charge is 2.34. The lowest BCUT2D eigenvalue weighted by Gasteiger charge is -2.20. The van der Waals surface area contributed by atoms with E-state index in [4.69, 9.17) is 10.1 Å². The number of hydrogen-bond donors (Lipinski definition) is 1. The van der Waals surface area contributed by atoms with Crippen LogP contribution in [0.5, 0.6) is 5.75 Å². The van der Waals surface area contributed by atoms with Crippen LogP contribution in [0.25, 0.3) is 11.8 Å². The molecule has 0 unspecified atom stereocenters.